The second-order valence-corrected chi connectivity index (χ2v) is 9.16. The van der Waals surface area contributed by atoms with Crippen LogP contribution in [-0.2, 0) is 4.79 Å². The maximum absolute atomic E-state index is 13.0. The van der Waals surface area contributed by atoms with Crippen LogP contribution in [0.15, 0.2) is 41.3 Å². The molecular weight excluding hydrogens is 533 g/mol. The number of anilines is 1. The molecule has 1 saturated heterocycles. The molecule has 1 aliphatic rings. The molecule has 5 nitrogen and oxygen atoms in total. The van der Waals surface area contributed by atoms with E-state index in [1.165, 1.54) is 11.8 Å². The summed E-state index contributed by atoms with van der Waals surface area (Å²) >= 11 is 8.98. The van der Waals surface area contributed by atoms with Crippen LogP contribution in [-0.4, -0.2) is 30.6 Å². The van der Waals surface area contributed by atoms with Crippen LogP contribution in [0.25, 0.3) is 6.08 Å². The molecule has 2 aromatic rings. The van der Waals surface area contributed by atoms with E-state index in [4.69, 9.17) is 26.4 Å². The molecule has 1 amide bonds. The Morgan fingerprint density at radius 2 is 1.90 bits per heavy atom. The van der Waals surface area contributed by atoms with E-state index in [1.807, 2.05) is 49.4 Å². The van der Waals surface area contributed by atoms with E-state index in [1.54, 1.807) is 12.0 Å². The number of hydrogen-bond donors (Lipinski definition) is 0. The number of amides is 1. The van der Waals surface area contributed by atoms with Gasteiger partial charge in [-0.05, 0) is 84.0 Å². The van der Waals surface area contributed by atoms with E-state index in [0.29, 0.717) is 28.2 Å². The lowest BCUT2D eigenvalue weighted by atomic mass is 10.1. The molecule has 2 aromatic carbocycles. The zero-order valence-corrected chi connectivity index (χ0v) is 20.7. The molecule has 0 bridgehead atoms. The van der Waals surface area contributed by atoms with Crippen LogP contribution in [0.5, 0.6) is 17.2 Å². The maximum atomic E-state index is 13.0. The Morgan fingerprint density at radius 3 is 2.53 bits per heavy atom. The molecule has 0 atom stereocenters. The standard InChI is InChI=1S/C22H22INO4S2/c1-4-10-28-20-17(23)11-14(12-18(20)26-3)13-19-21(25)24(22(29)30-19)15-6-8-16(9-7-15)27-5-2/h6-9,11-13H,4-5,10H2,1-3H3/b19-13-. The van der Waals surface area contributed by atoms with E-state index < -0.39 is 0 Å². The van der Waals surface area contributed by atoms with Gasteiger partial charge in [0.05, 0.1) is 34.5 Å². The Hall–Kier alpha value is -1.78. The molecule has 30 heavy (non-hydrogen) atoms. The summed E-state index contributed by atoms with van der Waals surface area (Å²) in [5, 5.41) is 0. The SMILES string of the molecule is CCCOc1c(I)cc(/C=C2\SC(=S)N(c3ccc(OCC)cc3)C2=O)cc1OC. The Bertz CT molecular complexity index is 976. The summed E-state index contributed by atoms with van der Waals surface area (Å²) in [5.41, 5.74) is 1.58. The van der Waals surface area contributed by atoms with Crippen LogP contribution < -0.4 is 19.1 Å². The van der Waals surface area contributed by atoms with Gasteiger partial charge in [-0.2, -0.15) is 0 Å². The largest absolute Gasteiger partial charge is 0.494 e. The molecule has 1 aliphatic heterocycles. The molecular formula is C22H22INO4S2. The number of thioether (sulfide) groups is 1. The van der Waals surface area contributed by atoms with Crippen molar-refractivity contribution in [1.82, 2.24) is 0 Å². The molecule has 0 saturated carbocycles. The summed E-state index contributed by atoms with van der Waals surface area (Å²) in [7, 11) is 1.61. The first-order valence-corrected chi connectivity index (χ1v) is 11.8. The highest BCUT2D eigenvalue weighted by atomic mass is 127. The average molecular weight is 555 g/mol. The molecule has 0 N–H and O–H groups in total. The number of carbonyl (C=O) groups excluding carboxylic acids is 1. The fourth-order valence-corrected chi connectivity index (χ4v) is 4.95. The second-order valence-electron chi connectivity index (χ2n) is 6.33. The molecule has 0 aromatic heterocycles. The van der Waals surface area contributed by atoms with Crippen molar-refractivity contribution in [3.05, 3.63) is 50.4 Å². The maximum Gasteiger partial charge on any atom is 0.270 e. The molecule has 0 aliphatic carbocycles. The van der Waals surface area contributed by atoms with Crippen molar-refractivity contribution in [1.29, 1.82) is 0 Å². The van der Waals surface area contributed by atoms with E-state index >= 15 is 0 Å². The molecule has 1 heterocycles. The first-order valence-electron chi connectivity index (χ1n) is 9.49. The van der Waals surface area contributed by atoms with Crippen molar-refractivity contribution < 1.29 is 19.0 Å². The molecule has 8 heteroatoms. The Balaban J connectivity index is 1.87. The van der Waals surface area contributed by atoms with Gasteiger partial charge in [-0.15, -0.1) is 0 Å². The number of benzene rings is 2. The third kappa shape index (κ3) is 5.09. The summed E-state index contributed by atoms with van der Waals surface area (Å²) in [6, 6.07) is 11.2. The normalized spacial score (nSPS) is 15.1. The summed E-state index contributed by atoms with van der Waals surface area (Å²) in [6.07, 6.45) is 2.75. The predicted octanol–water partition coefficient (Wildman–Crippen LogP) is 5.89. The third-order valence-electron chi connectivity index (χ3n) is 4.20. The molecule has 0 unspecified atom stereocenters. The zero-order chi connectivity index (χ0) is 21.7. The van der Waals surface area contributed by atoms with Crippen LogP contribution in [0.2, 0.25) is 0 Å². The van der Waals surface area contributed by atoms with Gasteiger partial charge >= 0.3 is 0 Å². The topological polar surface area (TPSA) is 48.0 Å². The van der Waals surface area contributed by atoms with Gasteiger partial charge in [0.15, 0.2) is 15.8 Å². The molecule has 158 valence electrons. The highest BCUT2D eigenvalue weighted by molar-refractivity contribution is 14.1. The van der Waals surface area contributed by atoms with Crippen molar-refractivity contribution in [3.63, 3.8) is 0 Å². The number of methoxy groups -OCH3 is 1. The molecule has 3 rings (SSSR count). The Morgan fingerprint density at radius 1 is 1.17 bits per heavy atom. The lowest BCUT2D eigenvalue weighted by Gasteiger charge is -2.15. The van der Waals surface area contributed by atoms with Gasteiger partial charge in [0.25, 0.3) is 5.91 Å². The summed E-state index contributed by atoms with van der Waals surface area (Å²) in [5.74, 6) is 1.98. The number of thiocarbonyl (C=S) groups is 1. The average Bonchev–Trinajstić information content (AvgIpc) is 3.00. The number of ether oxygens (including phenoxy) is 3. The van der Waals surface area contributed by atoms with Gasteiger partial charge in [0.2, 0.25) is 0 Å². The van der Waals surface area contributed by atoms with E-state index in [-0.39, 0.29) is 5.91 Å². The quantitative estimate of drug-likeness (QED) is 0.230. The first kappa shape index (κ1) is 22.9. The molecule has 0 spiro atoms. The van der Waals surface area contributed by atoms with Crippen molar-refractivity contribution in [3.8, 4) is 17.2 Å². The van der Waals surface area contributed by atoms with Gasteiger partial charge in [-0.3, -0.25) is 9.69 Å². The minimum Gasteiger partial charge on any atom is -0.494 e. The summed E-state index contributed by atoms with van der Waals surface area (Å²) in [6.45, 7) is 5.19. The van der Waals surface area contributed by atoms with Gasteiger partial charge < -0.3 is 14.2 Å². The highest BCUT2D eigenvalue weighted by Crippen LogP contribution is 2.39. The third-order valence-corrected chi connectivity index (χ3v) is 6.30. The van der Waals surface area contributed by atoms with Crippen molar-refractivity contribution in [2.75, 3.05) is 25.2 Å². The van der Waals surface area contributed by atoms with Crippen molar-refractivity contribution >= 4 is 68.6 Å². The Kier molecular flexibility index (Phi) is 8.01. The van der Waals surface area contributed by atoms with E-state index in [2.05, 4.69) is 29.5 Å². The second kappa shape index (κ2) is 10.5. The minimum absolute atomic E-state index is 0.144. The zero-order valence-electron chi connectivity index (χ0n) is 16.9. The van der Waals surface area contributed by atoms with Gasteiger partial charge in [-0.25, -0.2) is 0 Å². The Labute approximate surface area is 199 Å². The lowest BCUT2D eigenvalue weighted by Crippen LogP contribution is -2.27. The number of carbonyl (C=O) groups is 1. The van der Waals surface area contributed by atoms with Crippen LogP contribution in [0.4, 0.5) is 5.69 Å². The summed E-state index contributed by atoms with van der Waals surface area (Å²) < 4.78 is 18.2. The minimum atomic E-state index is -0.144. The summed E-state index contributed by atoms with van der Waals surface area (Å²) in [4.78, 5) is 15.1. The van der Waals surface area contributed by atoms with Gasteiger partial charge in [-0.1, -0.05) is 30.9 Å². The number of hydrogen-bond acceptors (Lipinski definition) is 6. The van der Waals surface area contributed by atoms with Crippen molar-refractivity contribution in [2.45, 2.75) is 20.3 Å². The number of rotatable bonds is 8. The van der Waals surface area contributed by atoms with Gasteiger partial charge in [0.1, 0.15) is 5.75 Å². The van der Waals surface area contributed by atoms with Crippen LogP contribution >= 0.6 is 46.6 Å². The van der Waals surface area contributed by atoms with Gasteiger partial charge in [0, 0.05) is 0 Å². The molecule has 0 radical (unpaired) electrons. The smallest absolute Gasteiger partial charge is 0.270 e. The van der Waals surface area contributed by atoms with Crippen LogP contribution in [0.3, 0.4) is 0 Å². The lowest BCUT2D eigenvalue weighted by molar-refractivity contribution is -0.113. The predicted molar refractivity (Wildman–Crippen MR) is 135 cm³/mol. The van der Waals surface area contributed by atoms with E-state index in [0.717, 1.165) is 32.7 Å². The van der Waals surface area contributed by atoms with Crippen LogP contribution in [0.1, 0.15) is 25.8 Å². The fourth-order valence-electron chi connectivity index (χ4n) is 2.87. The monoisotopic (exact) mass is 555 g/mol. The fraction of sp³-hybridized carbons (Fsp3) is 0.273. The van der Waals surface area contributed by atoms with Crippen molar-refractivity contribution in [2.24, 2.45) is 0 Å². The molecule has 1 fully saturated rings. The number of nitrogens with zero attached hydrogens (tertiary/aromatic N) is 1. The van der Waals surface area contributed by atoms with Crippen LogP contribution in [0, 0.1) is 3.57 Å². The highest BCUT2D eigenvalue weighted by Gasteiger charge is 2.33. The van der Waals surface area contributed by atoms with E-state index in [9.17, 15) is 4.79 Å². The number of halogens is 1. The first-order chi connectivity index (χ1) is 14.5.